The molecule has 0 bridgehead atoms. The van der Waals surface area contributed by atoms with Gasteiger partial charge in [-0.2, -0.15) is 0 Å². The van der Waals surface area contributed by atoms with Crippen molar-refractivity contribution in [2.75, 3.05) is 28.4 Å². The van der Waals surface area contributed by atoms with Gasteiger partial charge in [0.2, 0.25) is 11.3 Å². The van der Waals surface area contributed by atoms with Crippen LogP contribution in [0.5, 0.6) is 23.0 Å². The summed E-state index contributed by atoms with van der Waals surface area (Å²) in [6.45, 7) is 0. The zero-order valence-corrected chi connectivity index (χ0v) is 30.4. The average molecular weight is 711 g/mol. The maximum atomic E-state index is 5.75. The van der Waals surface area contributed by atoms with Crippen LogP contribution in [0.25, 0.3) is 0 Å². The van der Waals surface area contributed by atoms with Crippen LogP contribution < -0.4 is 18.9 Å². The molecule has 0 radical (unpaired) electrons. The smallest absolute Gasteiger partial charge is 0.226 e. The summed E-state index contributed by atoms with van der Waals surface area (Å²) in [7, 11) is 6.63. The number of benzene rings is 6. The van der Waals surface area contributed by atoms with Crippen molar-refractivity contribution < 1.29 is 18.9 Å². The fourth-order valence-electron chi connectivity index (χ4n) is 7.02. The number of ether oxygens (including phenoxy) is 4. The summed E-state index contributed by atoms with van der Waals surface area (Å²) < 4.78 is 22.3. The molecule has 0 spiro atoms. The van der Waals surface area contributed by atoms with E-state index < -0.39 is 11.3 Å². The molecule has 0 aromatic heterocycles. The Morgan fingerprint density at radius 1 is 0.296 bits per heavy atom. The predicted molar refractivity (Wildman–Crippen MR) is 214 cm³/mol. The molecule has 0 saturated carbocycles. The molecule has 8 nitrogen and oxygen atoms in total. The molecule has 0 saturated heterocycles. The molecule has 2 aliphatic rings. The SMILES string of the molecule is COc1ccc(C2=NC(c3ccc(OC)cc3)(C3(c4ccc(OC)cc4)N=C(c4ccccc4)C(c4ccc(OC)cc4)=N3)N=C2c2ccccc2)cc1. The first-order valence-corrected chi connectivity index (χ1v) is 17.6. The lowest BCUT2D eigenvalue weighted by molar-refractivity contribution is 0.256. The second-order valence-electron chi connectivity index (χ2n) is 12.8. The number of rotatable bonds is 11. The van der Waals surface area contributed by atoms with E-state index in [1.807, 2.05) is 133 Å². The summed E-state index contributed by atoms with van der Waals surface area (Å²) in [6.07, 6.45) is 0. The zero-order valence-electron chi connectivity index (χ0n) is 30.4. The van der Waals surface area contributed by atoms with Crippen molar-refractivity contribution in [3.63, 3.8) is 0 Å². The number of hydrogen-bond acceptors (Lipinski definition) is 8. The summed E-state index contributed by atoms with van der Waals surface area (Å²) in [5.74, 6) is 2.90. The van der Waals surface area contributed by atoms with Gasteiger partial charge in [0, 0.05) is 33.4 Å². The lowest BCUT2D eigenvalue weighted by Crippen LogP contribution is -2.43. The van der Waals surface area contributed by atoms with Crippen LogP contribution in [0.2, 0.25) is 0 Å². The van der Waals surface area contributed by atoms with Gasteiger partial charge in [-0.3, -0.25) is 0 Å². The number of hydrogen-bond donors (Lipinski definition) is 0. The minimum absolute atomic E-state index is 0.706. The molecule has 6 aromatic carbocycles. The Morgan fingerprint density at radius 3 is 0.796 bits per heavy atom. The third-order valence-corrected chi connectivity index (χ3v) is 9.84. The third kappa shape index (κ3) is 5.91. The molecule has 0 aliphatic carbocycles. The van der Waals surface area contributed by atoms with Gasteiger partial charge < -0.3 is 18.9 Å². The lowest BCUT2D eigenvalue weighted by atomic mass is 9.82. The average Bonchev–Trinajstić information content (AvgIpc) is 3.87. The van der Waals surface area contributed by atoms with Gasteiger partial charge in [0.15, 0.2) is 0 Å². The molecule has 6 aromatic rings. The van der Waals surface area contributed by atoms with Gasteiger partial charge >= 0.3 is 0 Å². The lowest BCUT2D eigenvalue weighted by Gasteiger charge is -2.38. The summed E-state index contributed by atoms with van der Waals surface area (Å²) >= 11 is 0. The van der Waals surface area contributed by atoms with Crippen molar-refractivity contribution in [3.8, 4) is 23.0 Å². The number of nitrogens with zero attached hydrogens (tertiary/aromatic N) is 4. The standard InChI is InChI=1S/C46H38N4O4/c1-51-37-23-15-33(16-24-37)43-41(31-11-7-5-8-12-31)47-45(49-43,35-19-27-39(53-3)28-20-35)46(36-21-29-40(54-4)30-22-36)48-42(32-13-9-6-10-14-32)44(50-46)34-17-25-38(52-2)26-18-34/h5-30H,1-4H3. The van der Waals surface area contributed by atoms with Crippen LogP contribution in [0.1, 0.15) is 33.4 Å². The van der Waals surface area contributed by atoms with Gasteiger partial charge in [-0.05, 0) is 72.8 Å². The predicted octanol–water partition coefficient (Wildman–Crippen LogP) is 8.71. The molecule has 0 amide bonds. The van der Waals surface area contributed by atoms with Crippen LogP contribution in [0.15, 0.2) is 178 Å². The Kier molecular flexibility index (Phi) is 9.09. The maximum Gasteiger partial charge on any atom is 0.226 e. The number of aliphatic imine (C=N–C) groups is 4. The van der Waals surface area contributed by atoms with Crippen molar-refractivity contribution in [2.45, 2.75) is 11.3 Å². The summed E-state index contributed by atoms with van der Waals surface area (Å²) in [5.41, 5.74) is 5.11. The number of methoxy groups -OCH3 is 4. The van der Waals surface area contributed by atoms with E-state index in [0.29, 0.717) is 34.3 Å². The van der Waals surface area contributed by atoms with Crippen LogP contribution in [-0.2, 0) is 11.3 Å². The van der Waals surface area contributed by atoms with E-state index in [1.54, 1.807) is 28.4 Å². The zero-order chi connectivity index (χ0) is 37.1. The second kappa shape index (κ2) is 14.3. The van der Waals surface area contributed by atoms with E-state index in [2.05, 4.69) is 24.3 Å². The van der Waals surface area contributed by atoms with Crippen LogP contribution >= 0.6 is 0 Å². The molecule has 266 valence electrons. The third-order valence-electron chi connectivity index (χ3n) is 9.84. The Labute approximate surface area is 314 Å². The van der Waals surface area contributed by atoms with E-state index in [9.17, 15) is 0 Å². The Bertz CT molecular complexity index is 2220. The molecule has 0 fully saturated rings. The second-order valence-corrected chi connectivity index (χ2v) is 12.8. The molecule has 2 atom stereocenters. The fourth-order valence-corrected chi connectivity index (χ4v) is 7.02. The first-order valence-electron chi connectivity index (χ1n) is 17.6. The van der Waals surface area contributed by atoms with Crippen molar-refractivity contribution >= 4 is 22.8 Å². The Hall–Kier alpha value is -6.80. The fraction of sp³-hybridized carbons (Fsp3) is 0.130. The molecule has 0 N–H and O–H groups in total. The quantitative estimate of drug-likeness (QED) is 0.135. The minimum Gasteiger partial charge on any atom is -0.497 e. The van der Waals surface area contributed by atoms with Gasteiger partial charge in [0.25, 0.3) is 0 Å². The van der Waals surface area contributed by atoms with Crippen LogP contribution in [0.4, 0.5) is 0 Å². The van der Waals surface area contributed by atoms with Crippen LogP contribution in [0.3, 0.4) is 0 Å². The highest BCUT2D eigenvalue weighted by Crippen LogP contribution is 2.55. The van der Waals surface area contributed by atoms with Crippen molar-refractivity contribution in [3.05, 3.63) is 191 Å². The van der Waals surface area contributed by atoms with Crippen molar-refractivity contribution in [1.82, 2.24) is 0 Å². The van der Waals surface area contributed by atoms with Crippen molar-refractivity contribution in [2.24, 2.45) is 20.0 Å². The van der Waals surface area contributed by atoms with Gasteiger partial charge in [0.1, 0.15) is 23.0 Å². The Balaban J connectivity index is 1.51. The molecule has 2 aliphatic heterocycles. The van der Waals surface area contributed by atoms with E-state index in [0.717, 1.165) is 44.9 Å². The van der Waals surface area contributed by atoms with E-state index in [4.69, 9.17) is 38.9 Å². The summed E-state index contributed by atoms with van der Waals surface area (Å²) in [4.78, 5) is 23.0. The van der Waals surface area contributed by atoms with Gasteiger partial charge in [-0.25, -0.2) is 20.0 Å². The largest absolute Gasteiger partial charge is 0.497 e. The molecule has 54 heavy (non-hydrogen) atoms. The topological polar surface area (TPSA) is 86.4 Å². The maximum absolute atomic E-state index is 5.75. The molecular weight excluding hydrogens is 673 g/mol. The van der Waals surface area contributed by atoms with Crippen LogP contribution in [-0.4, -0.2) is 51.3 Å². The first-order chi connectivity index (χ1) is 26.5. The summed E-state index contributed by atoms with van der Waals surface area (Å²) in [6, 6.07) is 51.8. The first kappa shape index (κ1) is 34.3. The normalized spacial score (nSPS) is 19.0. The van der Waals surface area contributed by atoms with E-state index >= 15 is 0 Å². The molecule has 2 unspecified atom stereocenters. The highest BCUT2D eigenvalue weighted by Gasteiger charge is 2.60. The van der Waals surface area contributed by atoms with Crippen molar-refractivity contribution in [1.29, 1.82) is 0 Å². The van der Waals surface area contributed by atoms with Gasteiger partial charge in [0.05, 0.1) is 51.3 Å². The minimum atomic E-state index is -1.44. The van der Waals surface area contributed by atoms with Gasteiger partial charge in [-0.1, -0.05) is 84.9 Å². The van der Waals surface area contributed by atoms with E-state index in [1.165, 1.54) is 0 Å². The van der Waals surface area contributed by atoms with Crippen LogP contribution in [0, 0.1) is 0 Å². The Morgan fingerprint density at radius 2 is 0.537 bits per heavy atom. The molecular formula is C46H38N4O4. The van der Waals surface area contributed by atoms with Gasteiger partial charge in [-0.15, -0.1) is 0 Å². The highest BCUT2D eigenvalue weighted by atomic mass is 16.5. The molecule has 8 rings (SSSR count). The molecule has 8 heteroatoms. The molecule has 2 heterocycles. The van der Waals surface area contributed by atoms with E-state index in [-0.39, 0.29) is 0 Å². The summed E-state index contributed by atoms with van der Waals surface area (Å²) in [5, 5.41) is 0. The highest BCUT2D eigenvalue weighted by molar-refractivity contribution is 6.55. The monoisotopic (exact) mass is 710 g/mol.